The maximum Gasteiger partial charge on any atom is 0.223 e. The van der Waals surface area contributed by atoms with Crippen LogP contribution in [0.4, 0.5) is 5.69 Å². The molecule has 2 rings (SSSR count). The van der Waals surface area contributed by atoms with E-state index >= 15 is 0 Å². The van der Waals surface area contributed by atoms with Crippen molar-refractivity contribution in [3.8, 4) is 0 Å². The molecule has 21 heavy (non-hydrogen) atoms. The SMILES string of the molecule is CN(C)c1ccc(CCCNC(=O)[C@@H]2CC=CCC2)cc1. The minimum absolute atomic E-state index is 0.189. The second-order valence-electron chi connectivity index (χ2n) is 5.94. The highest BCUT2D eigenvalue weighted by Crippen LogP contribution is 2.18. The van der Waals surface area contributed by atoms with Gasteiger partial charge in [0, 0.05) is 32.2 Å². The molecule has 1 aliphatic carbocycles. The molecule has 0 spiro atoms. The van der Waals surface area contributed by atoms with Crippen molar-refractivity contribution < 1.29 is 4.79 Å². The summed E-state index contributed by atoms with van der Waals surface area (Å²) in [5, 5.41) is 3.07. The fourth-order valence-electron chi connectivity index (χ4n) is 2.64. The Hall–Kier alpha value is -1.77. The number of benzene rings is 1. The molecule has 0 fully saturated rings. The van der Waals surface area contributed by atoms with Crippen molar-refractivity contribution in [3.05, 3.63) is 42.0 Å². The number of anilines is 1. The standard InChI is InChI=1S/C18H26N2O/c1-20(2)17-12-10-15(11-13-17)7-6-14-19-18(21)16-8-4-3-5-9-16/h3-4,10-13,16H,5-9,14H2,1-2H3,(H,19,21)/t16-/m1/s1. The average Bonchev–Trinajstić information content (AvgIpc) is 2.52. The third-order valence-corrected chi connectivity index (χ3v) is 4.03. The van der Waals surface area contributed by atoms with Gasteiger partial charge in [0.25, 0.3) is 0 Å². The third kappa shape index (κ3) is 4.92. The van der Waals surface area contributed by atoms with E-state index in [1.54, 1.807) is 0 Å². The van der Waals surface area contributed by atoms with E-state index in [2.05, 4.69) is 46.6 Å². The predicted octanol–water partition coefficient (Wildman–Crippen LogP) is 3.16. The summed E-state index contributed by atoms with van der Waals surface area (Å²) >= 11 is 0. The largest absolute Gasteiger partial charge is 0.378 e. The van der Waals surface area contributed by atoms with Crippen LogP contribution in [-0.4, -0.2) is 26.5 Å². The first-order chi connectivity index (χ1) is 10.2. The molecule has 0 bridgehead atoms. The molecular weight excluding hydrogens is 260 g/mol. The lowest BCUT2D eigenvalue weighted by molar-refractivity contribution is -0.125. The molecule has 1 N–H and O–H groups in total. The van der Waals surface area contributed by atoms with Gasteiger partial charge >= 0.3 is 0 Å². The molecule has 3 nitrogen and oxygen atoms in total. The first kappa shape index (κ1) is 15.6. The van der Waals surface area contributed by atoms with E-state index in [9.17, 15) is 4.79 Å². The molecular formula is C18H26N2O. The maximum atomic E-state index is 12.0. The van der Waals surface area contributed by atoms with Gasteiger partial charge in [0.1, 0.15) is 0 Å². The number of rotatable bonds is 6. The second-order valence-corrected chi connectivity index (χ2v) is 5.94. The van der Waals surface area contributed by atoms with Crippen molar-refractivity contribution in [2.45, 2.75) is 32.1 Å². The van der Waals surface area contributed by atoms with Gasteiger partial charge in [-0.05, 0) is 49.8 Å². The van der Waals surface area contributed by atoms with Gasteiger partial charge in [-0.3, -0.25) is 4.79 Å². The molecule has 3 heteroatoms. The Balaban J connectivity index is 1.67. The average molecular weight is 286 g/mol. The first-order valence-corrected chi connectivity index (χ1v) is 7.86. The van der Waals surface area contributed by atoms with Gasteiger partial charge in [0.05, 0.1) is 0 Å². The van der Waals surface area contributed by atoms with Gasteiger partial charge in [0.15, 0.2) is 0 Å². The molecule has 1 aromatic carbocycles. The lowest BCUT2D eigenvalue weighted by Gasteiger charge is -2.17. The zero-order valence-electron chi connectivity index (χ0n) is 13.1. The monoisotopic (exact) mass is 286 g/mol. The Morgan fingerprint density at radius 1 is 1.24 bits per heavy atom. The Bertz CT molecular complexity index is 476. The lowest BCUT2D eigenvalue weighted by Crippen LogP contribution is -2.32. The minimum atomic E-state index is 0.189. The van der Waals surface area contributed by atoms with Crippen LogP contribution in [0.3, 0.4) is 0 Å². The van der Waals surface area contributed by atoms with Crippen LogP contribution in [0.2, 0.25) is 0 Å². The molecule has 0 aliphatic heterocycles. The number of hydrogen-bond donors (Lipinski definition) is 1. The molecule has 0 saturated carbocycles. The number of aryl methyl sites for hydroxylation is 1. The van der Waals surface area contributed by atoms with Crippen LogP contribution in [0.25, 0.3) is 0 Å². The van der Waals surface area contributed by atoms with Crippen LogP contribution >= 0.6 is 0 Å². The van der Waals surface area contributed by atoms with E-state index in [-0.39, 0.29) is 11.8 Å². The molecule has 0 unspecified atom stereocenters. The topological polar surface area (TPSA) is 32.3 Å². The smallest absolute Gasteiger partial charge is 0.223 e. The molecule has 114 valence electrons. The summed E-state index contributed by atoms with van der Waals surface area (Å²) in [5.41, 5.74) is 2.55. The van der Waals surface area contributed by atoms with E-state index in [0.29, 0.717) is 0 Å². The zero-order valence-corrected chi connectivity index (χ0v) is 13.1. The Kier molecular flexibility index (Phi) is 5.85. The molecule has 0 saturated heterocycles. The quantitative estimate of drug-likeness (QED) is 0.643. The molecule has 0 radical (unpaired) electrons. The van der Waals surface area contributed by atoms with E-state index in [1.807, 2.05) is 14.1 Å². The number of hydrogen-bond acceptors (Lipinski definition) is 2. The van der Waals surface area contributed by atoms with Crippen molar-refractivity contribution in [1.29, 1.82) is 0 Å². The summed E-state index contributed by atoms with van der Waals surface area (Å²) in [6.45, 7) is 0.772. The van der Waals surface area contributed by atoms with E-state index in [0.717, 1.165) is 38.6 Å². The van der Waals surface area contributed by atoms with Crippen molar-refractivity contribution in [2.24, 2.45) is 5.92 Å². The molecule has 0 heterocycles. The van der Waals surface area contributed by atoms with Crippen molar-refractivity contribution in [3.63, 3.8) is 0 Å². The molecule has 1 aliphatic rings. The van der Waals surface area contributed by atoms with Gasteiger partial charge in [-0.25, -0.2) is 0 Å². The second kappa shape index (κ2) is 7.87. The van der Waals surface area contributed by atoms with Crippen LogP contribution in [0.1, 0.15) is 31.2 Å². The number of carbonyl (C=O) groups excluding carboxylic acids is 1. The summed E-state index contributed by atoms with van der Waals surface area (Å²) in [7, 11) is 4.09. The summed E-state index contributed by atoms with van der Waals surface area (Å²) in [6.07, 6.45) is 9.23. The highest BCUT2D eigenvalue weighted by molar-refractivity contribution is 5.78. The summed E-state index contributed by atoms with van der Waals surface area (Å²) < 4.78 is 0. The van der Waals surface area contributed by atoms with E-state index in [1.165, 1.54) is 11.3 Å². The fraction of sp³-hybridized carbons (Fsp3) is 0.500. The summed E-state index contributed by atoms with van der Waals surface area (Å²) in [5.74, 6) is 0.414. The molecule has 1 atom stereocenters. The van der Waals surface area contributed by atoms with Crippen molar-refractivity contribution in [2.75, 3.05) is 25.5 Å². The first-order valence-electron chi connectivity index (χ1n) is 7.86. The fourth-order valence-corrected chi connectivity index (χ4v) is 2.64. The maximum absolute atomic E-state index is 12.0. The molecule has 0 aromatic heterocycles. The van der Waals surface area contributed by atoms with Gasteiger partial charge in [-0.15, -0.1) is 0 Å². The van der Waals surface area contributed by atoms with Crippen LogP contribution in [-0.2, 0) is 11.2 Å². The minimum Gasteiger partial charge on any atom is -0.378 e. The van der Waals surface area contributed by atoms with Crippen LogP contribution < -0.4 is 10.2 Å². The predicted molar refractivity (Wildman–Crippen MR) is 88.6 cm³/mol. The van der Waals surface area contributed by atoms with Gasteiger partial charge in [-0.1, -0.05) is 24.3 Å². The highest BCUT2D eigenvalue weighted by Gasteiger charge is 2.17. The van der Waals surface area contributed by atoms with Gasteiger partial charge in [0.2, 0.25) is 5.91 Å². The normalized spacial score (nSPS) is 17.5. The highest BCUT2D eigenvalue weighted by atomic mass is 16.1. The zero-order chi connectivity index (χ0) is 15.1. The summed E-state index contributed by atoms with van der Waals surface area (Å²) in [6, 6.07) is 8.62. The van der Waals surface area contributed by atoms with Crippen molar-refractivity contribution in [1.82, 2.24) is 5.32 Å². The van der Waals surface area contributed by atoms with Gasteiger partial charge < -0.3 is 10.2 Å². The third-order valence-electron chi connectivity index (χ3n) is 4.03. The van der Waals surface area contributed by atoms with Crippen LogP contribution in [0.15, 0.2) is 36.4 Å². The van der Waals surface area contributed by atoms with Crippen molar-refractivity contribution >= 4 is 11.6 Å². The number of nitrogens with zero attached hydrogens (tertiary/aromatic N) is 1. The summed E-state index contributed by atoms with van der Waals surface area (Å²) in [4.78, 5) is 14.1. The molecule has 1 aromatic rings. The lowest BCUT2D eigenvalue weighted by atomic mass is 9.93. The number of nitrogens with one attached hydrogen (secondary N) is 1. The Morgan fingerprint density at radius 2 is 2.00 bits per heavy atom. The number of carbonyl (C=O) groups is 1. The van der Waals surface area contributed by atoms with Gasteiger partial charge in [-0.2, -0.15) is 0 Å². The number of amides is 1. The van der Waals surface area contributed by atoms with Crippen LogP contribution in [0, 0.1) is 5.92 Å². The van der Waals surface area contributed by atoms with E-state index in [4.69, 9.17) is 0 Å². The Morgan fingerprint density at radius 3 is 2.62 bits per heavy atom. The van der Waals surface area contributed by atoms with Crippen LogP contribution in [0.5, 0.6) is 0 Å². The number of allylic oxidation sites excluding steroid dienone is 2. The molecule has 1 amide bonds. The Labute approximate surface area is 128 Å². The van der Waals surface area contributed by atoms with E-state index < -0.39 is 0 Å².